The second-order valence-electron chi connectivity index (χ2n) is 2.67. The molecule has 0 saturated carbocycles. The molecule has 0 aromatic rings. The predicted octanol–water partition coefficient (Wildman–Crippen LogP) is 1.23. The Hall–Kier alpha value is 0.0100. The molecule has 0 radical (unpaired) electrons. The fourth-order valence-electron chi connectivity index (χ4n) is 1.38. The van der Waals surface area contributed by atoms with Gasteiger partial charge in [-0.05, 0) is 0 Å². The number of hydrogen-bond acceptors (Lipinski definition) is 4. The quantitative estimate of drug-likeness (QED) is 0.494. The largest absolute Gasteiger partial charge is 0.504 e. The summed E-state index contributed by atoms with van der Waals surface area (Å²) in [5, 5.41) is 0. The topological polar surface area (TPSA) is 30.9 Å². The molecule has 0 atom stereocenters. The molecule has 0 aromatic heterocycles. The minimum Gasteiger partial charge on any atom is -0.161 e. The van der Waals surface area contributed by atoms with Crippen LogP contribution >= 0.6 is 8.09 Å². The molecule has 0 amide bonds. The summed E-state index contributed by atoms with van der Waals surface area (Å²) in [6.45, 7) is 7.42. The van der Waals surface area contributed by atoms with Crippen molar-refractivity contribution in [3.05, 3.63) is 12.7 Å². The molecule has 2 fully saturated rings. The zero-order chi connectivity index (χ0) is 8.44. The first-order valence-electron chi connectivity index (χ1n) is 4.06. The van der Waals surface area contributed by atoms with E-state index in [0.29, 0.717) is 6.61 Å². The van der Waals surface area contributed by atoms with Crippen molar-refractivity contribution in [2.45, 2.75) is 0 Å². The minimum absolute atomic E-state index is 0.504. The van der Waals surface area contributed by atoms with Crippen molar-refractivity contribution in [2.24, 2.45) is 0 Å². The van der Waals surface area contributed by atoms with E-state index in [9.17, 15) is 0 Å². The van der Waals surface area contributed by atoms with Gasteiger partial charge >= 0.3 is 8.09 Å². The van der Waals surface area contributed by atoms with E-state index in [-0.39, 0.29) is 0 Å². The standard InChI is InChI=1S/C7H13NO3P/c1-2-5-9-12-8(3-6-10-12)4-7-11-12/h2H,1,3-7H2/q+1. The van der Waals surface area contributed by atoms with Gasteiger partial charge in [0.1, 0.15) is 19.8 Å². The predicted molar refractivity (Wildman–Crippen MR) is 46.5 cm³/mol. The van der Waals surface area contributed by atoms with Crippen LogP contribution in [0, 0.1) is 0 Å². The molecule has 5 heteroatoms. The van der Waals surface area contributed by atoms with Crippen LogP contribution in [0.2, 0.25) is 0 Å². The van der Waals surface area contributed by atoms with E-state index in [4.69, 9.17) is 13.6 Å². The molecule has 2 aliphatic rings. The molecule has 0 unspecified atom stereocenters. The fraction of sp³-hybridized carbons (Fsp3) is 0.714. The van der Waals surface area contributed by atoms with Gasteiger partial charge in [0, 0.05) is 0 Å². The lowest BCUT2D eigenvalue weighted by atomic mass is 10.6. The molecule has 2 aliphatic heterocycles. The molecule has 4 nitrogen and oxygen atoms in total. The molecule has 2 saturated heterocycles. The van der Waals surface area contributed by atoms with Crippen LogP contribution in [-0.4, -0.2) is 37.6 Å². The molecule has 0 bridgehead atoms. The van der Waals surface area contributed by atoms with E-state index < -0.39 is 8.09 Å². The van der Waals surface area contributed by atoms with Crippen LogP contribution in [0.5, 0.6) is 0 Å². The van der Waals surface area contributed by atoms with Crippen LogP contribution in [0.4, 0.5) is 0 Å². The van der Waals surface area contributed by atoms with E-state index in [2.05, 4.69) is 11.2 Å². The summed E-state index contributed by atoms with van der Waals surface area (Å²) >= 11 is 0. The lowest BCUT2D eigenvalue weighted by Gasteiger charge is -2.13. The van der Waals surface area contributed by atoms with E-state index in [1.54, 1.807) is 6.08 Å². The maximum absolute atomic E-state index is 5.54. The maximum Gasteiger partial charge on any atom is 0.504 e. The molecule has 2 rings (SSSR count). The first-order chi connectivity index (χ1) is 5.87. The van der Waals surface area contributed by atoms with Crippen molar-refractivity contribution < 1.29 is 13.6 Å². The van der Waals surface area contributed by atoms with E-state index in [1.165, 1.54) is 0 Å². The van der Waals surface area contributed by atoms with Gasteiger partial charge in [-0.15, -0.1) is 6.58 Å². The van der Waals surface area contributed by atoms with Crippen molar-refractivity contribution in [3.8, 4) is 0 Å². The number of rotatable bonds is 3. The maximum atomic E-state index is 5.54. The van der Waals surface area contributed by atoms with Gasteiger partial charge in [0.05, 0.1) is 13.1 Å². The van der Waals surface area contributed by atoms with Crippen LogP contribution in [0.15, 0.2) is 12.7 Å². The number of nitrogens with zero attached hydrogens (tertiary/aromatic N) is 1. The Balaban J connectivity index is 2.01. The summed E-state index contributed by atoms with van der Waals surface area (Å²) in [5.74, 6) is 0. The molecular formula is C7H13NO3P+. The summed E-state index contributed by atoms with van der Waals surface area (Å²) in [6, 6.07) is 0. The highest BCUT2D eigenvalue weighted by molar-refractivity contribution is 7.59. The lowest BCUT2D eigenvalue weighted by molar-refractivity contribution is 0.183. The average molecular weight is 190 g/mol. The molecule has 12 heavy (non-hydrogen) atoms. The highest BCUT2D eigenvalue weighted by atomic mass is 31.2. The Labute approximate surface area is 72.7 Å². The van der Waals surface area contributed by atoms with Crippen LogP contribution < -0.4 is 0 Å². The number of hydrogen-bond donors (Lipinski definition) is 0. The molecule has 0 spiro atoms. The molecule has 0 N–H and O–H groups in total. The van der Waals surface area contributed by atoms with Crippen molar-refractivity contribution in [2.75, 3.05) is 32.9 Å². The summed E-state index contributed by atoms with van der Waals surface area (Å²) < 4.78 is 18.7. The SMILES string of the molecule is C=CCO[P+]12OCCN1CCO2. The Morgan fingerprint density at radius 1 is 1.42 bits per heavy atom. The molecule has 0 aromatic carbocycles. The van der Waals surface area contributed by atoms with Gasteiger partial charge < -0.3 is 0 Å². The van der Waals surface area contributed by atoms with Gasteiger partial charge in [0.25, 0.3) is 0 Å². The fourth-order valence-corrected chi connectivity index (χ4v) is 3.67. The second-order valence-corrected chi connectivity index (χ2v) is 4.95. The summed E-state index contributed by atoms with van der Waals surface area (Å²) in [5.41, 5.74) is 0. The van der Waals surface area contributed by atoms with Crippen molar-refractivity contribution >= 4 is 8.09 Å². The van der Waals surface area contributed by atoms with E-state index >= 15 is 0 Å². The minimum atomic E-state index is -2.06. The van der Waals surface area contributed by atoms with Crippen molar-refractivity contribution in [3.63, 3.8) is 0 Å². The van der Waals surface area contributed by atoms with Gasteiger partial charge in [-0.3, -0.25) is 0 Å². The summed E-state index contributed by atoms with van der Waals surface area (Å²) in [6.07, 6.45) is 1.72. The van der Waals surface area contributed by atoms with E-state index in [0.717, 1.165) is 26.3 Å². The molecule has 68 valence electrons. The average Bonchev–Trinajstić information content (AvgIpc) is 2.58. The first kappa shape index (κ1) is 8.60. The monoisotopic (exact) mass is 190 g/mol. The van der Waals surface area contributed by atoms with Crippen molar-refractivity contribution in [1.29, 1.82) is 0 Å². The Bertz CT molecular complexity index is 177. The highest BCUT2D eigenvalue weighted by Crippen LogP contribution is 2.70. The van der Waals surface area contributed by atoms with Gasteiger partial charge in [-0.1, -0.05) is 10.7 Å². The van der Waals surface area contributed by atoms with Crippen LogP contribution in [0.25, 0.3) is 0 Å². The first-order valence-corrected chi connectivity index (χ1v) is 5.56. The highest BCUT2D eigenvalue weighted by Gasteiger charge is 2.61. The smallest absolute Gasteiger partial charge is 0.161 e. The number of fused-ring (bicyclic) bond motifs is 1. The van der Waals surface area contributed by atoms with Gasteiger partial charge in [-0.25, -0.2) is 0 Å². The van der Waals surface area contributed by atoms with E-state index in [1.807, 2.05) is 0 Å². The molecule has 0 aliphatic carbocycles. The molecular weight excluding hydrogens is 177 g/mol. The summed E-state index contributed by atoms with van der Waals surface area (Å²) in [7, 11) is -2.06. The third kappa shape index (κ3) is 1.30. The van der Waals surface area contributed by atoms with Crippen LogP contribution in [-0.2, 0) is 13.6 Å². The third-order valence-corrected chi connectivity index (χ3v) is 4.50. The van der Waals surface area contributed by atoms with Gasteiger partial charge in [0.2, 0.25) is 0 Å². The second kappa shape index (κ2) is 3.40. The Kier molecular flexibility index (Phi) is 2.44. The normalized spacial score (nSPS) is 27.3. The lowest BCUT2D eigenvalue weighted by Crippen LogP contribution is -2.16. The zero-order valence-corrected chi connectivity index (χ0v) is 7.83. The van der Waals surface area contributed by atoms with Gasteiger partial charge in [0.15, 0.2) is 0 Å². The van der Waals surface area contributed by atoms with Crippen LogP contribution in [0.1, 0.15) is 0 Å². The third-order valence-electron chi connectivity index (χ3n) is 1.91. The van der Waals surface area contributed by atoms with Gasteiger partial charge in [-0.2, -0.15) is 13.6 Å². The Morgan fingerprint density at radius 3 is 2.67 bits per heavy atom. The Morgan fingerprint density at radius 2 is 2.08 bits per heavy atom. The zero-order valence-electron chi connectivity index (χ0n) is 6.94. The van der Waals surface area contributed by atoms with Crippen molar-refractivity contribution in [1.82, 2.24) is 4.67 Å². The molecule has 2 heterocycles. The summed E-state index contributed by atoms with van der Waals surface area (Å²) in [4.78, 5) is 0. The van der Waals surface area contributed by atoms with Crippen LogP contribution in [0.3, 0.4) is 0 Å².